The van der Waals surface area contributed by atoms with Crippen LogP contribution in [0.4, 0.5) is 4.39 Å². The first-order chi connectivity index (χ1) is 15.7. The number of ether oxygens (including phenoxy) is 2. The van der Waals surface area contributed by atoms with Gasteiger partial charge in [-0.3, -0.25) is 9.59 Å². The van der Waals surface area contributed by atoms with Crippen LogP contribution in [0.25, 0.3) is 6.08 Å². The Bertz CT molecular complexity index is 1070. The lowest BCUT2D eigenvalue weighted by Gasteiger charge is -2.34. The van der Waals surface area contributed by atoms with E-state index in [1.807, 2.05) is 13.8 Å². The maximum atomic E-state index is 14.0. The van der Waals surface area contributed by atoms with Crippen LogP contribution >= 0.6 is 23.2 Å². The highest BCUT2D eigenvalue weighted by Crippen LogP contribution is 2.37. The van der Waals surface area contributed by atoms with Gasteiger partial charge in [-0.1, -0.05) is 23.2 Å². The molecule has 0 aromatic heterocycles. The van der Waals surface area contributed by atoms with Gasteiger partial charge in [0.2, 0.25) is 5.91 Å². The maximum absolute atomic E-state index is 14.0. The second-order valence-corrected chi connectivity index (χ2v) is 8.62. The predicted octanol–water partition coefficient (Wildman–Crippen LogP) is 4.93. The molecule has 0 N–H and O–H groups in total. The Kier molecular flexibility index (Phi) is 8.21. The highest BCUT2D eigenvalue weighted by molar-refractivity contribution is 6.32. The van der Waals surface area contributed by atoms with Crippen molar-refractivity contribution in [1.29, 1.82) is 0 Å². The zero-order valence-electron chi connectivity index (χ0n) is 18.6. The van der Waals surface area contributed by atoms with E-state index in [0.717, 1.165) is 0 Å². The molecule has 6 nitrogen and oxygen atoms in total. The number of piperazine rings is 1. The molecule has 0 saturated carbocycles. The monoisotopic (exact) mass is 494 g/mol. The molecule has 0 aliphatic carbocycles. The van der Waals surface area contributed by atoms with Crippen LogP contribution in [0.2, 0.25) is 10.0 Å². The number of methoxy groups -OCH3 is 1. The number of benzene rings is 2. The van der Waals surface area contributed by atoms with Gasteiger partial charge in [-0.05, 0) is 55.8 Å². The Morgan fingerprint density at radius 1 is 1.06 bits per heavy atom. The first kappa shape index (κ1) is 24.9. The average Bonchev–Trinajstić information content (AvgIpc) is 2.79. The number of rotatable bonds is 6. The van der Waals surface area contributed by atoms with Crippen LogP contribution in [0.15, 0.2) is 36.4 Å². The summed E-state index contributed by atoms with van der Waals surface area (Å²) >= 11 is 12.2. The largest absolute Gasteiger partial charge is 0.493 e. The summed E-state index contributed by atoms with van der Waals surface area (Å²) in [5, 5.41) is 0.676. The summed E-state index contributed by atoms with van der Waals surface area (Å²) in [5.41, 5.74) is 0.615. The van der Waals surface area contributed by atoms with Gasteiger partial charge in [0.05, 0.1) is 23.8 Å². The smallest absolute Gasteiger partial charge is 0.257 e. The molecule has 1 fully saturated rings. The molecule has 176 valence electrons. The lowest BCUT2D eigenvalue weighted by Crippen LogP contribution is -2.50. The Morgan fingerprint density at radius 2 is 1.73 bits per heavy atom. The quantitative estimate of drug-likeness (QED) is 0.534. The van der Waals surface area contributed by atoms with Crippen molar-refractivity contribution in [1.82, 2.24) is 9.80 Å². The van der Waals surface area contributed by atoms with Gasteiger partial charge in [-0.25, -0.2) is 4.39 Å². The molecule has 0 radical (unpaired) electrons. The van der Waals surface area contributed by atoms with E-state index in [9.17, 15) is 14.0 Å². The van der Waals surface area contributed by atoms with Crippen molar-refractivity contribution >= 4 is 41.1 Å². The van der Waals surface area contributed by atoms with E-state index in [2.05, 4.69) is 0 Å². The molecule has 0 unspecified atom stereocenters. The van der Waals surface area contributed by atoms with Crippen LogP contribution in [-0.4, -0.2) is 61.0 Å². The van der Waals surface area contributed by atoms with Crippen LogP contribution in [-0.2, 0) is 4.79 Å². The summed E-state index contributed by atoms with van der Waals surface area (Å²) in [6.07, 6.45) is 3.03. The van der Waals surface area contributed by atoms with Crippen molar-refractivity contribution in [3.63, 3.8) is 0 Å². The van der Waals surface area contributed by atoms with Crippen molar-refractivity contribution in [2.45, 2.75) is 20.0 Å². The van der Waals surface area contributed by atoms with Crippen LogP contribution in [0, 0.1) is 5.82 Å². The SMILES string of the molecule is COc1cc(C=CC(=O)N2CCN(C(=O)c3cc(Cl)ccc3F)CC2)cc(Cl)c1OC(C)C. The lowest BCUT2D eigenvalue weighted by atomic mass is 10.1. The van der Waals surface area contributed by atoms with Gasteiger partial charge in [0.25, 0.3) is 5.91 Å². The van der Waals surface area contributed by atoms with E-state index in [-0.39, 0.29) is 17.6 Å². The minimum Gasteiger partial charge on any atom is -0.493 e. The molecule has 2 aromatic rings. The van der Waals surface area contributed by atoms with Gasteiger partial charge in [0.15, 0.2) is 11.5 Å². The normalized spacial score (nSPS) is 14.2. The number of nitrogens with zero attached hydrogens (tertiary/aromatic N) is 2. The maximum Gasteiger partial charge on any atom is 0.257 e. The first-order valence-electron chi connectivity index (χ1n) is 10.4. The highest BCUT2D eigenvalue weighted by Gasteiger charge is 2.25. The minimum absolute atomic E-state index is 0.0692. The summed E-state index contributed by atoms with van der Waals surface area (Å²) < 4.78 is 25.1. The third kappa shape index (κ3) is 6.18. The van der Waals surface area contributed by atoms with Crippen LogP contribution in [0.5, 0.6) is 11.5 Å². The van der Waals surface area contributed by atoms with Crippen molar-refractivity contribution in [2.24, 2.45) is 0 Å². The van der Waals surface area contributed by atoms with Gasteiger partial charge in [-0.2, -0.15) is 0 Å². The fourth-order valence-electron chi connectivity index (χ4n) is 3.42. The summed E-state index contributed by atoms with van der Waals surface area (Å²) in [6, 6.07) is 7.31. The van der Waals surface area contributed by atoms with E-state index < -0.39 is 11.7 Å². The molecule has 1 heterocycles. The molecule has 1 aliphatic heterocycles. The van der Waals surface area contributed by atoms with Crippen LogP contribution in [0.3, 0.4) is 0 Å². The van der Waals surface area contributed by atoms with Crippen molar-refractivity contribution < 1.29 is 23.5 Å². The Morgan fingerprint density at radius 3 is 2.36 bits per heavy atom. The van der Waals surface area contributed by atoms with Gasteiger partial charge in [0, 0.05) is 37.3 Å². The number of carbonyl (C=O) groups excluding carboxylic acids is 2. The molecule has 0 bridgehead atoms. The number of hydrogen-bond acceptors (Lipinski definition) is 4. The van der Waals surface area contributed by atoms with Gasteiger partial charge in [-0.15, -0.1) is 0 Å². The van der Waals surface area contributed by atoms with E-state index >= 15 is 0 Å². The van der Waals surface area contributed by atoms with E-state index in [1.165, 1.54) is 36.3 Å². The third-order valence-corrected chi connectivity index (χ3v) is 5.58. The Balaban J connectivity index is 1.63. The number of halogens is 3. The molecule has 33 heavy (non-hydrogen) atoms. The molecule has 3 rings (SSSR count). The van der Waals surface area contributed by atoms with Crippen molar-refractivity contribution in [2.75, 3.05) is 33.3 Å². The summed E-state index contributed by atoms with van der Waals surface area (Å²) in [6.45, 7) is 5.04. The molecule has 2 aromatic carbocycles. The van der Waals surface area contributed by atoms with E-state index in [4.69, 9.17) is 32.7 Å². The standard InChI is InChI=1S/C24H25Cl2FN2O4/c1-15(2)33-23-19(26)12-16(13-21(23)32-3)4-7-22(30)28-8-10-29(11-9-28)24(31)18-14-17(25)5-6-20(18)27/h4-7,12-15H,8-11H2,1-3H3. The second kappa shape index (κ2) is 10.9. The molecule has 0 spiro atoms. The number of amides is 2. The lowest BCUT2D eigenvalue weighted by molar-refractivity contribution is -0.127. The zero-order valence-corrected chi connectivity index (χ0v) is 20.1. The summed E-state index contributed by atoms with van der Waals surface area (Å²) in [7, 11) is 1.52. The summed E-state index contributed by atoms with van der Waals surface area (Å²) in [5.74, 6) is -0.334. The molecule has 1 saturated heterocycles. The zero-order chi connectivity index (χ0) is 24.1. The number of hydrogen-bond donors (Lipinski definition) is 0. The first-order valence-corrected chi connectivity index (χ1v) is 11.2. The Labute approximate surface area is 202 Å². The van der Waals surface area contributed by atoms with Crippen LogP contribution < -0.4 is 9.47 Å². The van der Waals surface area contributed by atoms with Crippen molar-refractivity contribution in [3.8, 4) is 11.5 Å². The molecular formula is C24H25Cl2FN2O4. The highest BCUT2D eigenvalue weighted by atomic mass is 35.5. The minimum atomic E-state index is -0.621. The molecule has 1 aliphatic rings. The predicted molar refractivity (Wildman–Crippen MR) is 127 cm³/mol. The molecule has 0 atom stereocenters. The average molecular weight is 495 g/mol. The van der Waals surface area contributed by atoms with Crippen LogP contribution in [0.1, 0.15) is 29.8 Å². The molecule has 9 heteroatoms. The van der Waals surface area contributed by atoms with Gasteiger partial charge in [0.1, 0.15) is 5.82 Å². The third-order valence-electron chi connectivity index (χ3n) is 5.06. The van der Waals surface area contributed by atoms with E-state index in [0.29, 0.717) is 53.3 Å². The topological polar surface area (TPSA) is 59.1 Å². The fraction of sp³-hybridized carbons (Fsp3) is 0.333. The van der Waals surface area contributed by atoms with Gasteiger partial charge < -0.3 is 19.3 Å². The second-order valence-electron chi connectivity index (χ2n) is 7.78. The van der Waals surface area contributed by atoms with E-state index in [1.54, 1.807) is 23.1 Å². The molecular weight excluding hydrogens is 470 g/mol. The summed E-state index contributed by atoms with van der Waals surface area (Å²) in [4.78, 5) is 28.4. The van der Waals surface area contributed by atoms with Gasteiger partial charge >= 0.3 is 0 Å². The fourth-order valence-corrected chi connectivity index (χ4v) is 3.86. The van der Waals surface area contributed by atoms with Crippen molar-refractivity contribution in [3.05, 3.63) is 63.4 Å². The number of carbonyl (C=O) groups is 2. The Hall–Kier alpha value is -2.77. The molecule has 2 amide bonds.